The van der Waals surface area contributed by atoms with Crippen molar-refractivity contribution in [2.24, 2.45) is 30.2 Å². The summed E-state index contributed by atoms with van der Waals surface area (Å²) in [6.45, 7) is 2.22. The molecule has 126 valence electrons. The van der Waals surface area contributed by atoms with Gasteiger partial charge in [0.2, 0.25) is 0 Å². The van der Waals surface area contributed by atoms with Crippen molar-refractivity contribution >= 4 is 21.8 Å². The first-order chi connectivity index (χ1) is 11.0. The average molecular weight is 380 g/mol. The molecule has 1 amide bonds. The molecule has 1 atom stereocenters. The number of aryl methyl sites for hydroxylation is 1. The number of aromatic nitrogens is 2. The van der Waals surface area contributed by atoms with E-state index in [9.17, 15) is 4.79 Å². The van der Waals surface area contributed by atoms with Gasteiger partial charge in [-0.05, 0) is 84.0 Å². The number of nitrogens with one attached hydrogen (secondary N) is 1. The average Bonchev–Trinajstić information content (AvgIpc) is 2.81. The van der Waals surface area contributed by atoms with E-state index in [2.05, 4.69) is 33.3 Å². The van der Waals surface area contributed by atoms with Crippen molar-refractivity contribution < 1.29 is 4.79 Å². The predicted molar refractivity (Wildman–Crippen MR) is 93.1 cm³/mol. The minimum Gasteiger partial charge on any atom is -0.347 e. The molecule has 4 aliphatic carbocycles. The van der Waals surface area contributed by atoms with Crippen LogP contribution in [0.2, 0.25) is 0 Å². The molecule has 0 unspecified atom stereocenters. The smallest absolute Gasteiger partial charge is 0.273 e. The summed E-state index contributed by atoms with van der Waals surface area (Å²) >= 11 is 3.45. The number of hydrogen-bond acceptors (Lipinski definition) is 2. The Hall–Kier alpha value is -0.840. The molecule has 0 aliphatic heterocycles. The van der Waals surface area contributed by atoms with Crippen molar-refractivity contribution in [1.29, 1.82) is 0 Å². The zero-order chi connectivity index (χ0) is 16.2. The van der Waals surface area contributed by atoms with Gasteiger partial charge >= 0.3 is 0 Å². The maximum Gasteiger partial charge on any atom is 0.273 e. The Morgan fingerprint density at radius 1 is 1.35 bits per heavy atom. The second kappa shape index (κ2) is 5.61. The lowest BCUT2D eigenvalue weighted by atomic mass is 9.47. The molecule has 4 bridgehead atoms. The lowest BCUT2D eigenvalue weighted by molar-refractivity contribution is -0.0727. The second-order valence-corrected chi connectivity index (χ2v) is 9.07. The van der Waals surface area contributed by atoms with Crippen molar-refractivity contribution in [3.8, 4) is 0 Å². The van der Waals surface area contributed by atoms with Crippen molar-refractivity contribution in [1.82, 2.24) is 15.1 Å². The minimum atomic E-state index is -0.0277. The zero-order valence-corrected chi connectivity index (χ0v) is 15.6. The summed E-state index contributed by atoms with van der Waals surface area (Å²) in [5, 5.41) is 7.65. The highest BCUT2D eigenvalue weighted by molar-refractivity contribution is 9.10. The van der Waals surface area contributed by atoms with E-state index in [0.717, 1.165) is 28.6 Å². The Morgan fingerprint density at radius 3 is 2.35 bits per heavy atom. The molecule has 5 heteroatoms. The Labute approximate surface area is 146 Å². The monoisotopic (exact) mass is 379 g/mol. The molecular formula is C18H26BrN3O. The molecule has 1 aromatic rings. The molecule has 0 saturated heterocycles. The number of amides is 1. The number of rotatable bonds is 4. The first-order valence-corrected chi connectivity index (χ1v) is 9.78. The standard InChI is InChI=1S/C18H26BrN3O/c1-3-15(20-17(23)16-14(19)10-22(2)21-16)18-7-11-4-12(8-18)6-13(5-11)9-18/h10-13,15H,3-9H2,1-2H3,(H,20,23)/t11?,12?,13?,15-,18?/m0/s1. The van der Waals surface area contributed by atoms with E-state index >= 15 is 0 Å². The van der Waals surface area contributed by atoms with E-state index in [-0.39, 0.29) is 11.9 Å². The Balaban J connectivity index is 1.55. The van der Waals surface area contributed by atoms with Crippen LogP contribution in [-0.2, 0) is 7.05 Å². The van der Waals surface area contributed by atoms with Crippen molar-refractivity contribution in [2.75, 3.05) is 0 Å². The fourth-order valence-corrected chi connectivity index (χ4v) is 6.69. The van der Waals surface area contributed by atoms with E-state index in [1.807, 2.05) is 13.2 Å². The maximum absolute atomic E-state index is 12.7. The highest BCUT2D eigenvalue weighted by atomic mass is 79.9. The third kappa shape index (κ3) is 2.65. The normalized spacial score (nSPS) is 36.2. The third-order valence-corrected chi connectivity index (χ3v) is 7.12. The summed E-state index contributed by atoms with van der Waals surface area (Å²) in [7, 11) is 1.85. The van der Waals surface area contributed by atoms with Crippen LogP contribution in [0.15, 0.2) is 10.7 Å². The highest BCUT2D eigenvalue weighted by Crippen LogP contribution is 2.61. The third-order valence-electron chi connectivity index (χ3n) is 6.54. The van der Waals surface area contributed by atoms with Crippen LogP contribution in [0.3, 0.4) is 0 Å². The molecule has 5 rings (SSSR count). The van der Waals surface area contributed by atoms with Crippen LogP contribution >= 0.6 is 15.9 Å². The molecule has 4 fully saturated rings. The topological polar surface area (TPSA) is 46.9 Å². The second-order valence-electron chi connectivity index (χ2n) is 8.21. The SMILES string of the molecule is CC[C@H](NC(=O)c1nn(C)cc1Br)C12CC3CC(CC(C3)C1)C2. The Kier molecular flexibility index (Phi) is 3.82. The van der Waals surface area contributed by atoms with E-state index < -0.39 is 0 Å². The molecule has 1 heterocycles. The molecule has 23 heavy (non-hydrogen) atoms. The van der Waals surface area contributed by atoms with Crippen LogP contribution in [0.25, 0.3) is 0 Å². The predicted octanol–water partition coefficient (Wildman–Crippen LogP) is 3.91. The van der Waals surface area contributed by atoms with Gasteiger partial charge in [-0.15, -0.1) is 0 Å². The van der Waals surface area contributed by atoms with Crippen LogP contribution < -0.4 is 5.32 Å². The molecule has 4 saturated carbocycles. The van der Waals surface area contributed by atoms with E-state index in [1.165, 1.54) is 38.5 Å². The molecule has 0 aromatic carbocycles. The summed E-state index contributed by atoms with van der Waals surface area (Å²) in [5.41, 5.74) is 0.858. The number of nitrogens with zero attached hydrogens (tertiary/aromatic N) is 2. The first-order valence-electron chi connectivity index (χ1n) is 8.99. The summed E-state index contributed by atoms with van der Waals surface area (Å²) in [5.74, 6) is 2.71. The number of carbonyl (C=O) groups is 1. The van der Waals surface area contributed by atoms with Crippen LogP contribution in [0.1, 0.15) is 62.4 Å². The van der Waals surface area contributed by atoms with Crippen molar-refractivity contribution in [2.45, 2.75) is 57.9 Å². The van der Waals surface area contributed by atoms with Gasteiger partial charge in [0, 0.05) is 19.3 Å². The van der Waals surface area contributed by atoms with Crippen molar-refractivity contribution in [3.05, 3.63) is 16.4 Å². The largest absolute Gasteiger partial charge is 0.347 e. The molecule has 1 aromatic heterocycles. The zero-order valence-electron chi connectivity index (χ0n) is 14.0. The summed E-state index contributed by atoms with van der Waals surface area (Å²) < 4.78 is 2.46. The quantitative estimate of drug-likeness (QED) is 0.861. The van der Waals surface area contributed by atoms with Gasteiger partial charge in [0.1, 0.15) is 0 Å². The Morgan fingerprint density at radius 2 is 1.91 bits per heavy atom. The van der Waals surface area contributed by atoms with E-state index in [0.29, 0.717) is 11.1 Å². The fraction of sp³-hybridized carbons (Fsp3) is 0.778. The van der Waals surface area contributed by atoms with Gasteiger partial charge in [0.05, 0.1) is 4.47 Å². The first kappa shape index (κ1) is 15.7. The minimum absolute atomic E-state index is 0.0277. The van der Waals surface area contributed by atoms with Gasteiger partial charge < -0.3 is 5.32 Å². The molecule has 0 radical (unpaired) electrons. The Bertz CT molecular complexity index is 588. The molecular weight excluding hydrogens is 354 g/mol. The summed E-state index contributed by atoms with van der Waals surface area (Å²) in [4.78, 5) is 12.7. The summed E-state index contributed by atoms with van der Waals surface area (Å²) in [6, 6.07) is 0.289. The number of carbonyl (C=O) groups excluding carboxylic acids is 1. The van der Waals surface area contributed by atoms with Gasteiger partial charge in [-0.2, -0.15) is 5.10 Å². The van der Waals surface area contributed by atoms with Crippen LogP contribution in [-0.4, -0.2) is 21.7 Å². The van der Waals surface area contributed by atoms with Crippen LogP contribution in [0.5, 0.6) is 0 Å². The van der Waals surface area contributed by atoms with Gasteiger partial charge in [-0.25, -0.2) is 0 Å². The van der Waals surface area contributed by atoms with Crippen molar-refractivity contribution in [3.63, 3.8) is 0 Å². The molecule has 4 aliphatic rings. The van der Waals surface area contributed by atoms with Gasteiger partial charge in [0.25, 0.3) is 5.91 Å². The molecule has 0 spiro atoms. The van der Waals surface area contributed by atoms with Gasteiger partial charge in [-0.3, -0.25) is 9.48 Å². The number of hydrogen-bond donors (Lipinski definition) is 1. The van der Waals surface area contributed by atoms with E-state index in [4.69, 9.17) is 0 Å². The van der Waals surface area contributed by atoms with Crippen LogP contribution in [0, 0.1) is 23.2 Å². The van der Waals surface area contributed by atoms with E-state index in [1.54, 1.807) is 4.68 Å². The van der Waals surface area contributed by atoms with Crippen LogP contribution in [0.4, 0.5) is 0 Å². The summed E-state index contributed by atoms with van der Waals surface area (Å²) in [6.07, 6.45) is 11.1. The highest BCUT2D eigenvalue weighted by Gasteiger charge is 2.54. The van der Waals surface area contributed by atoms with Gasteiger partial charge in [0.15, 0.2) is 5.69 Å². The maximum atomic E-state index is 12.7. The van der Waals surface area contributed by atoms with Gasteiger partial charge in [-0.1, -0.05) is 6.92 Å². The lowest BCUT2D eigenvalue weighted by Gasteiger charge is -2.59. The fourth-order valence-electron chi connectivity index (χ4n) is 6.13. The lowest BCUT2D eigenvalue weighted by Crippen LogP contribution is -2.56. The molecule has 1 N–H and O–H groups in total. The molecule has 4 nitrogen and oxygen atoms in total. The number of halogens is 1.